The standard InChI is InChI=1S/C18H15NO6/c20-18(25-12-14-3-1-2-4-15(14)19(21)22)8-6-13-5-7-16-17(11-13)24-10-9-23-16/h1-8,11H,9-10,12H2/b8-6+. The van der Waals surface area contributed by atoms with Crippen molar-refractivity contribution >= 4 is 17.7 Å². The maximum atomic E-state index is 11.8. The molecule has 0 saturated carbocycles. The fourth-order valence-electron chi connectivity index (χ4n) is 2.34. The molecule has 0 radical (unpaired) electrons. The van der Waals surface area contributed by atoms with Gasteiger partial charge in [-0.3, -0.25) is 10.1 Å². The van der Waals surface area contributed by atoms with E-state index < -0.39 is 10.9 Å². The smallest absolute Gasteiger partial charge is 0.331 e. The maximum absolute atomic E-state index is 11.8. The second-order valence-corrected chi connectivity index (χ2v) is 5.23. The summed E-state index contributed by atoms with van der Waals surface area (Å²) in [6, 6.07) is 11.5. The Hall–Kier alpha value is -3.35. The van der Waals surface area contributed by atoms with Gasteiger partial charge >= 0.3 is 5.97 Å². The highest BCUT2D eigenvalue weighted by Crippen LogP contribution is 2.31. The number of benzene rings is 2. The van der Waals surface area contributed by atoms with Gasteiger partial charge in [0, 0.05) is 12.1 Å². The van der Waals surface area contributed by atoms with Gasteiger partial charge in [-0.15, -0.1) is 0 Å². The van der Waals surface area contributed by atoms with E-state index in [2.05, 4.69) is 0 Å². The Balaban J connectivity index is 1.61. The Morgan fingerprint density at radius 3 is 2.72 bits per heavy atom. The van der Waals surface area contributed by atoms with Crippen LogP contribution in [-0.2, 0) is 16.1 Å². The normalized spacial score (nSPS) is 12.8. The number of carbonyl (C=O) groups excluding carboxylic acids is 1. The third-order valence-corrected chi connectivity index (χ3v) is 3.54. The zero-order valence-electron chi connectivity index (χ0n) is 13.2. The minimum atomic E-state index is -0.590. The predicted molar refractivity (Wildman–Crippen MR) is 89.4 cm³/mol. The number of rotatable bonds is 5. The minimum absolute atomic E-state index is 0.0777. The van der Waals surface area contributed by atoms with Gasteiger partial charge in [-0.1, -0.05) is 18.2 Å². The maximum Gasteiger partial charge on any atom is 0.331 e. The van der Waals surface area contributed by atoms with E-state index in [4.69, 9.17) is 14.2 Å². The van der Waals surface area contributed by atoms with Crippen LogP contribution < -0.4 is 9.47 Å². The molecule has 0 aliphatic carbocycles. The van der Waals surface area contributed by atoms with Crippen molar-refractivity contribution in [2.45, 2.75) is 6.61 Å². The van der Waals surface area contributed by atoms with Gasteiger partial charge in [0.2, 0.25) is 0 Å². The second-order valence-electron chi connectivity index (χ2n) is 5.23. The molecule has 128 valence electrons. The molecule has 7 nitrogen and oxygen atoms in total. The van der Waals surface area contributed by atoms with Crippen LogP contribution in [0, 0.1) is 10.1 Å². The Labute approximate surface area is 143 Å². The first-order chi connectivity index (χ1) is 12.1. The van der Waals surface area contributed by atoms with Crippen molar-refractivity contribution in [3.63, 3.8) is 0 Å². The first-order valence-corrected chi connectivity index (χ1v) is 7.60. The van der Waals surface area contributed by atoms with E-state index in [1.807, 2.05) is 0 Å². The Morgan fingerprint density at radius 1 is 1.16 bits per heavy atom. The molecule has 0 spiro atoms. The van der Waals surface area contributed by atoms with E-state index in [-0.39, 0.29) is 12.3 Å². The first kappa shape index (κ1) is 16.5. The number of hydrogen-bond donors (Lipinski definition) is 0. The SMILES string of the molecule is O=C(/C=C/c1ccc2c(c1)OCCO2)OCc1ccccc1[N+](=O)[O-]. The van der Waals surface area contributed by atoms with Crippen LogP contribution in [0.2, 0.25) is 0 Å². The van der Waals surface area contributed by atoms with Crippen molar-refractivity contribution < 1.29 is 23.9 Å². The summed E-state index contributed by atoms with van der Waals surface area (Å²) < 4.78 is 16.0. The lowest BCUT2D eigenvalue weighted by Crippen LogP contribution is -2.15. The van der Waals surface area contributed by atoms with Crippen LogP contribution in [0.1, 0.15) is 11.1 Å². The molecule has 2 aromatic rings. The molecule has 0 unspecified atom stereocenters. The van der Waals surface area contributed by atoms with E-state index in [9.17, 15) is 14.9 Å². The van der Waals surface area contributed by atoms with Crippen molar-refractivity contribution in [1.29, 1.82) is 0 Å². The van der Waals surface area contributed by atoms with Crippen molar-refractivity contribution in [2.75, 3.05) is 13.2 Å². The largest absolute Gasteiger partial charge is 0.486 e. The average Bonchev–Trinajstić information content (AvgIpc) is 2.64. The highest BCUT2D eigenvalue weighted by atomic mass is 16.6. The summed E-state index contributed by atoms with van der Waals surface area (Å²) in [7, 11) is 0. The molecule has 0 bridgehead atoms. The molecule has 3 rings (SSSR count). The first-order valence-electron chi connectivity index (χ1n) is 7.60. The molecule has 1 heterocycles. The fraction of sp³-hybridized carbons (Fsp3) is 0.167. The molecule has 0 N–H and O–H groups in total. The van der Waals surface area contributed by atoms with Crippen molar-refractivity contribution in [3.05, 3.63) is 69.8 Å². The molecule has 0 aromatic heterocycles. The van der Waals surface area contributed by atoms with E-state index in [0.717, 1.165) is 5.56 Å². The number of nitrogens with zero attached hydrogens (tertiary/aromatic N) is 1. The van der Waals surface area contributed by atoms with Crippen molar-refractivity contribution in [3.8, 4) is 11.5 Å². The van der Waals surface area contributed by atoms with E-state index in [1.54, 1.807) is 42.5 Å². The summed E-state index contributed by atoms with van der Waals surface area (Å²) >= 11 is 0. The Bertz CT molecular complexity index is 830. The number of nitro benzene ring substituents is 1. The Morgan fingerprint density at radius 2 is 1.92 bits per heavy atom. The van der Waals surface area contributed by atoms with Gasteiger partial charge in [0.25, 0.3) is 5.69 Å². The second kappa shape index (κ2) is 7.48. The monoisotopic (exact) mass is 341 g/mol. The van der Waals surface area contributed by atoms with Crippen LogP contribution in [0.5, 0.6) is 11.5 Å². The number of fused-ring (bicyclic) bond motifs is 1. The van der Waals surface area contributed by atoms with Crippen LogP contribution in [0.15, 0.2) is 48.5 Å². The van der Waals surface area contributed by atoms with Gasteiger partial charge in [-0.2, -0.15) is 0 Å². The van der Waals surface area contributed by atoms with Crippen LogP contribution in [0.4, 0.5) is 5.69 Å². The molecular weight excluding hydrogens is 326 g/mol. The van der Waals surface area contributed by atoms with Crippen molar-refractivity contribution in [2.24, 2.45) is 0 Å². The van der Waals surface area contributed by atoms with Gasteiger partial charge in [0.05, 0.1) is 10.5 Å². The molecule has 25 heavy (non-hydrogen) atoms. The van der Waals surface area contributed by atoms with Crippen LogP contribution in [0.25, 0.3) is 6.08 Å². The lowest BCUT2D eigenvalue weighted by Gasteiger charge is -2.18. The quantitative estimate of drug-likeness (QED) is 0.359. The molecule has 0 atom stereocenters. The topological polar surface area (TPSA) is 87.9 Å². The summed E-state index contributed by atoms with van der Waals surface area (Å²) in [4.78, 5) is 22.2. The third-order valence-electron chi connectivity index (χ3n) is 3.54. The molecule has 0 saturated heterocycles. The lowest BCUT2D eigenvalue weighted by atomic mass is 10.2. The molecule has 0 fully saturated rings. The fourth-order valence-corrected chi connectivity index (χ4v) is 2.34. The van der Waals surface area contributed by atoms with Crippen LogP contribution in [0.3, 0.4) is 0 Å². The summed E-state index contributed by atoms with van der Waals surface area (Å²) in [5, 5.41) is 10.9. The molecule has 1 aliphatic rings. The Kier molecular flexibility index (Phi) is 4.94. The summed E-state index contributed by atoms with van der Waals surface area (Å²) in [6.45, 7) is 0.833. The van der Waals surface area contributed by atoms with Crippen LogP contribution in [-0.4, -0.2) is 24.1 Å². The van der Waals surface area contributed by atoms with E-state index >= 15 is 0 Å². The van der Waals surface area contributed by atoms with Gasteiger partial charge in [0.15, 0.2) is 11.5 Å². The number of nitro groups is 1. The highest BCUT2D eigenvalue weighted by Gasteiger charge is 2.14. The highest BCUT2D eigenvalue weighted by molar-refractivity contribution is 5.87. The number of esters is 1. The number of ether oxygens (including phenoxy) is 3. The summed E-state index contributed by atoms with van der Waals surface area (Å²) in [5.74, 6) is 0.706. The zero-order valence-corrected chi connectivity index (χ0v) is 13.2. The van der Waals surface area contributed by atoms with Gasteiger partial charge in [-0.05, 0) is 29.8 Å². The van der Waals surface area contributed by atoms with E-state index in [0.29, 0.717) is 30.3 Å². The summed E-state index contributed by atoms with van der Waals surface area (Å²) in [6.07, 6.45) is 2.85. The average molecular weight is 341 g/mol. The summed E-state index contributed by atoms with van der Waals surface area (Å²) in [5.41, 5.74) is 1.02. The third kappa shape index (κ3) is 4.14. The number of para-hydroxylation sites is 1. The van der Waals surface area contributed by atoms with Gasteiger partial charge in [0.1, 0.15) is 19.8 Å². The molecule has 2 aromatic carbocycles. The van der Waals surface area contributed by atoms with Gasteiger partial charge in [-0.25, -0.2) is 4.79 Å². The number of hydrogen-bond acceptors (Lipinski definition) is 6. The molecular formula is C18H15NO6. The molecule has 0 amide bonds. The zero-order chi connectivity index (χ0) is 17.6. The van der Waals surface area contributed by atoms with Crippen LogP contribution >= 0.6 is 0 Å². The van der Waals surface area contributed by atoms with Crippen molar-refractivity contribution in [1.82, 2.24) is 0 Å². The van der Waals surface area contributed by atoms with E-state index in [1.165, 1.54) is 12.1 Å². The van der Waals surface area contributed by atoms with Gasteiger partial charge < -0.3 is 14.2 Å². The minimum Gasteiger partial charge on any atom is -0.486 e. The number of carbonyl (C=O) groups is 1. The molecule has 1 aliphatic heterocycles. The predicted octanol–water partition coefficient (Wildman–Crippen LogP) is 3.12. The molecule has 7 heteroatoms. The lowest BCUT2D eigenvalue weighted by molar-refractivity contribution is -0.385.